The van der Waals surface area contributed by atoms with Crippen molar-refractivity contribution < 1.29 is 14.0 Å². The molecule has 0 bridgehead atoms. The van der Waals surface area contributed by atoms with Crippen LogP contribution in [0.4, 0.5) is 4.39 Å². The van der Waals surface area contributed by atoms with Crippen LogP contribution in [0.2, 0.25) is 0 Å². The van der Waals surface area contributed by atoms with Crippen LogP contribution in [-0.2, 0) is 24.3 Å². The first-order chi connectivity index (χ1) is 16.9. The normalized spacial score (nSPS) is 11.1. The summed E-state index contributed by atoms with van der Waals surface area (Å²) in [5.41, 5.74) is 3.15. The molecule has 0 aliphatic carbocycles. The van der Waals surface area contributed by atoms with E-state index in [1.165, 1.54) is 24.3 Å². The molecule has 1 N–H and O–H groups in total. The fourth-order valence-electron chi connectivity index (χ4n) is 4.05. The second-order valence-corrected chi connectivity index (χ2v) is 8.72. The van der Waals surface area contributed by atoms with Crippen molar-refractivity contribution in [2.24, 2.45) is 0 Å². The smallest absolute Gasteiger partial charge is 0.251 e. The van der Waals surface area contributed by atoms with E-state index in [1.54, 1.807) is 0 Å². The molecule has 7 heteroatoms. The molecule has 0 radical (unpaired) electrons. The van der Waals surface area contributed by atoms with E-state index in [1.807, 2.05) is 77.9 Å². The van der Waals surface area contributed by atoms with Gasteiger partial charge >= 0.3 is 0 Å². The first-order valence-electron chi connectivity index (χ1n) is 11.7. The first kappa shape index (κ1) is 24.1. The number of fused-ring (bicyclic) bond motifs is 1. The lowest BCUT2D eigenvalue weighted by Crippen LogP contribution is -2.39. The summed E-state index contributed by atoms with van der Waals surface area (Å²) in [6.07, 6.45) is 0.454. The number of aromatic nitrogens is 2. The highest BCUT2D eigenvalue weighted by atomic mass is 19.1. The fourth-order valence-corrected chi connectivity index (χ4v) is 4.05. The molecule has 0 spiro atoms. The van der Waals surface area contributed by atoms with Crippen molar-refractivity contribution in [2.45, 2.75) is 39.4 Å². The van der Waals surface area contributed by atoms with Gasteiger partial charge in [0.05, 0.1) is 11.0 Å². The van der Waals surface area contributed by atoms with Crippen LogP contribution in [0.1, 0.15) is 35.6 Å². The van der Waals surface area contributed by atoms with Gasteiger partial charge in [-0.25, -0.2) is 9.37 Å². The van der Waals surface area contributed by atoms with Gasteiger partial charge in [-0.3, -0.25) is 9.59 Å². The molecular weight excluding hydrogens is 443 g/mol. The number of halogens is 1. The standard InChI is InChI=1S/C28H29FN4O2/c1-20(2)32(18-21-8-4-3-5-9-21)27(34)19-33-25-11-7-6-10-24(25)31-26(33)16-17-30-28(35)22-12-14-23(29)15-13-22/h3-15,20H,16-19H2,1-2H3,(H,30,35). The number of rotatable bonds is 9. The van der Waals surface area contributed by atoms with E-state index < -0.39 is 0 Å². The summed E-state index contributed by atoms with van der Waals surface area (Å²) in [6, 6.07) is 23.1. The van der Waals surface area contributed by atoms with Gasteiger partial charge in [0.1, 0.15) is 18.2 Å². The predicted molar refractivity (Wildman–Crippen MR) is 134 cm³/mol. The SMILES string of the molecule is CC(C)N(Cc1ccccc1)C(=O)Cn1c(CCNC(=O)c2ccc(F)cc2)nc2ccccc21. The summed E-state index contributed by atoms with van der Waals surface area (Å²) in [5.74, 6) is 0.0613. The van der Waals surface area contributed by atoms with E-state index in [0.29, 0.717) is 25.1 Å². The molecule has 4 rings (SSSR count). The average Bonchev–Trinajstić information content (AvgIpc) is 3.20. The van der Waals surface area contributed by atoms with Gasteiger partial charge in [-0.15, -0.1) is 0 Å². The highest BCUT2D eigenvalue weighted by Gasteiger charge is 2.21. The highest BCUT2D eigenvalue weighted by molar-refractivity contribution is 5.94. The monoisotopic (exact) mass is 472 g/mol. The summed E-state index contributed by atoms with van der Waals surface area (Å²) in [5, 5.41) is 2.86. The number of hydrogen-bond donors (Lipinski definition) is 1. The zero-order chi connectivity index (χ0) is 24.8. The maximum Gasteiger partial charge on any atom is 0.251 e. The number of hydrogen-bond acceptors (Lipinski definition) is 3. The zero-order valence-electron chi connectivity index (χ0n) is 19.9. The topological polar surface area (TPSA) is 67.2 Å². The molecule has 0 aliphatic heterocycles. The minimum Gasteiger partial charge on any atom is -0.352 e. The lowest BCUT2D eigenvalue weighted by molar-refractivity contribution is -0.134. The van der Waals surface area contributed by atoms with Gasteiger partial charge in [0.25, 0.3) is 5.91 Å². The molecule has 6 nitrogen and oxygen atoms in total. The third kappa shape index (κ3) is 5.93. The molecule has 4 aromatic rings. The second kappa shape index (κ2) is 11.0. The lowest BCUT2D eigenvalue weighted by Gasteiger charge is -2.27. The molecule has 0 saturated heterocycles. The summed E-state index contributed by atoms with van der Waals surface area (Å²) >= 11 is 0. The number of nitrogens with one attached hydrogen (secondary N) is 1. The molecule has 0 saturated carbocycles. The Labute approximate surface area is 204 Å². The Bertz CT molecular complexity index is 1300. The Balaban J connectivity index is 1.50. The van der Waals surface area contributed by atoms with Gasteiger partial charge in [-0.2, -0.15) is 0 Å². The second-order valence-electron chi connectivity index (χ2n) is 8.72. The van der Waals surface area contributed by atoms with Crippen LogP contribution in [-0.4, -0.2) is 38.9 Å². The Morgan fingerprint density at radius 1 is 0.971 bits per heavy atom. The molecule has 3 aromatic carbocycles. The van der Waals surface area contributed by atoms with Crippen molar-refractivity contribution in [3.63, 3.8) is 0 Å². The Hall–Kier alpha value is -4.00. The number of nitrogens with zero attached hydrogens (tertiary/aromatic N) is 3. The number of para-hydroxylation sites is 2. The van der Waals surface area contributed by atoms with Crippen molar-refractivity contribution >= 4 is 22.8 Å². The van der Waals surface area contributed by atoms with E-state index in [0.717, 1.165) is 22.4 Å². The number of amides is 2. The van der Waals surface area contributed by atoms with Crippen molar-refractivity contribution in [1.82, 2.24) is 19.8 Å². The van der Waals surface area contributed by atoms with Crippen LogP contribution in [0.15, 0.2) is 78.9 Å². The first-order valence-corrected chi connectivity index (χ1v) is 11.7. The van der Waals surface area contributed by atoms with E-state index in [-0.39, 0.29) is 30.2 Å². The van der Waals surface area contributed by atoms with Crippen molar-refractivity contribution in [1.29, 1.82) is 0 Å². The van der Waals surface area contributed by atoms with Gasteiger partial charge in [0, 0.05) is 31.1 Å². The molecule has 0 atom stereocenters. The molecule has 1 aromatic heterocycles. The molecule has 1 heterocycles. The number of carbonyl (C=O) groups excluding carboxylic acids is 2. The Morgan fingerprint density at radius 2 is 1.66 bits per heavy atom. The summed E-state index contributed by atoms with van der Waals surface area (Å²) in [7, 11) is 0. The highest BCUT2D eigenvalue weighted by Crippen LogP contribution is 2.18. The van der Waals surface area contributed by atoms with Crippen LogP contribution >= 0.6 is 0 Å². The number of carbonyl (C=O) groups is 2. The van der Waals surface area contributed by atoms with Gasteiger partial charge in [-0.05, 0) is 55.8 Å². The third-order valence-corrected chi connectivity index (χ3v) is 5.91. The number of imidazole rings is 1. The van der Waals surface area contributed by atoms with Gasteiger partial charge < -0.3 is 14.8 Å². The molecule has 35 heavy (non-hydrogen) atoms. The van der Waals surface area contributed by atoms with Crippen molar-refractivity contribution in [2.75, 3.05) is 6.54 Å². The predicted octanol–water partition coefficient (Wildman–Crippen LogP) is 4.59. The van der Waals surface area contributed by atoms with Crippen molar-refractivity contribution in [3.8, 4) is 0 Å². The van der Waals surface area contributed by atoms with Crippen LogP contribution in [0.25, 0.3) is 11.0 Å². The molecule has 0 fully saturated rings. The molecule has 2 amide bonds. The summed E-state index contributed by atoms with van der Waals surface area (Å²) in [6.45, 7) is 5.06. The van der Waals surface area contributed by atoms with Gasteiger partial charge in [0.2, 0.25) is 5.91 Å². The molecule has 180 valence electrons. The van der Waals surface area contributed by atoms with Gasteiger partial charge in [0.15, 0.2) is 0 Å². The third-order valence-electron chi connectivity index (χ3n) is 5.91. The van der Waals surface area contributed by atoms with Crippen molar-refractivity contribution in [3.05, 3.63) is 102 Å². The summed E-state index contributed by atoms with van der Waals surface area (Å²) < 4.78 is 15.1. The maximum absolute atomic E-state index is 13.4. The Morgan fingerprint density at radius 3 is 2.37 bits per heavy atom. The van der Waals surface area contributed by atoms with Crippen LogP contribution < -0.4 is 5.32 Å². The largest absolute Gasteiger partial charge is 0.352 e. The minimum atomic E-state index is -0.386. The lowest BCUT2D eigenvalue weighted by atomic mass is 10.2. The van der Waals surface area contributed by atoms with Crippen LogP contribution in [0.3, 0.4) is 0 Å². The van der Waals surface area contributed by atoms with Crippen LogP contribution in [0, 0.1) is 5.82 Å². The summed E-state index contributed by atoms with van der Waals surface area (Å²) in [4.78, 5) is 32.4. The van der Waals surface area contributed by atoms with E-state index in [9.17, 15) is 14.0 Å². The minimum absolute atomic E-state index is 0.00334. The maximum atomic E-state index is 13.4. The molecule has 0 unspecified atom stereocenters. The van der Waals surface area contributed by atoms with Crippen LogP contribution in [0.5, 0.6) is 0 Å². The number of benzene rings is 3. The van der Waals surface area contributed by atoms with Gasteiger partial charge in [-0.1, -0.05) is 42.5 Å². The fraction of sp³-hybridized carbons (Fsp3) is 0.250. The molecular formula is C28H29FN4O2. The van der Waals surface area contributed by atoms with E-state index >= 15 is 0 Å². The molecule has 0 aliphatic rings. The quantitative estimate of drug-likeness (QED) is 0.388. The van der Waals surface area contributed by atoms with E-state index in [4.69, 9.17) is 4.98 Å². The Kier molecular flexibility index (Phi) is 7.55. The van der Waals surface area contributed by atoms with E-state index in [2.05, 4.69) is 5.32 Å². The average molecular weight is 473 g/mol. The zero-order valence-corrected chi connectivity index (χ0v) is 19.9.